The van der Waals surface area contributed by atoms with E-state index < -0.39 is 65.8 Å². The van der Waals surface area contributed by atoms with Crippen LogP contribution in [0, 0.1) is 30.3 Å². The summed E-state index contributed by atoms with van der Waals surface area (Å²) in [7, 11) is 1.80. The molecule has 12 heteroatoms. The number of hydrogen-bond donors (Lipinski definition) is 2. The lowest BCUT2D eigenvalue weighted by Crippen LogP contribution is -2.49. The molecule has 1 saturated heterocycles. The van der Waals surface area contributed by atoms with Crippen LogP contribution in [0.4, 0.5) is 13.2 Å². The van der Waals surface area contributed by atoms with Gasteiger partial charge in [-0.15, -0.1) is 0 Å². The zero-order valence-corrected chi connectivity index (χ0v) is 21.9. The lowest BCUT2D eigenvalue weighted by molar-refractivity contribution is -0.141. The number of carboxylic acids is 1. The molecule has 1 fully saturated rings. The molecule has 1 aliphatic rings. The van der Waals surface area contributed by atoms with Crippen molar-refractivity contribution >= 4 is 34.5 Å². The fourth-order valence-electron chi connectivity index (χ4n) is 4.78. The van der Waals surface area contributed by atoms with Crippen molar-refractivity contribution in [1.82, 2.24) is 14.8 Å². The van der Waals surface area contributed by atoms with E-state index in [-0.39, 0.29) is 37.4 Å². The van der Waals surface area contributed by atoms with Gasteiger partial charge in [0.15, 0.2) is 23.2 Å². The van der Waals surface area contributed by atoms with Gasteiger partial charge in [-0.2, -0.15) is 4.39 Å². The van der Waals surface area contributed by atoms with Crippen molar-refractivity contribution in [3.63, 3.8) is 0 Å². The third-order valence-corrected chi connectivity index (χ3v) is 7.06. The van der Waals surface area contributed by atoms with Gasteiger partial charge in [0.2, 0.25) is 11.7 Å². The van der Waals surface area contributed by atoms with Gasteiger partial charge in [-0.05, 0) is 43.5 Å². The smallest absolute Gasteiger partial charge is 0.305 e. The van der Waals surface area contributed by atoms with Crippen molar-refractivity contribution in [3.8, 4) is 5.75 Å². The van der Waals surface area contributed by atoms with Crippen molar-refractivity contribution in [2.24, 2.45) is 13.0 Å². The number of carboxylic acid groups (broad SMARTS) is 1. The van der Waals surface area contributed by atoms with E-state index in [9.17, 15) is 37.5 Å². The summed E-state index contributed by atoms with van der Waals surface area (Å²) in [5.41, 5.74) is 1.18. The highest BCUT2D eigenvalue weighted by molar-refractivity contribution is 5.99. The highest BCUT2D eigenvalue weighted by Gasteiger charge is 2.32. The number of hydrogen-bond acceptors (Lipinski definition) is 5. The Bertz CT molecular complexity index is 1450. The van der Waals surface area contributed by atoms with Crippen LogP contribution in [0.3, 0.4) is 0 Å². The van der Waals surface area contributed by atoms with Gasteiger partial charge in [0, 0.05) is 37.0 Å². The number of ether oxygens (including phenoxy) is 1. The van der Waals surface area contributed by atoms with Crippen LogP contribution < -0.4 is 10.1 Å². The predicted molar refractivity (Wildman–Crippen MR) is 137 cm³/mol. The molecule has 212 valence electrons. The molecule has 0 radical (unpaired) electrons. The second kappa shape index (κ2) is 11.8. The van der Waals surface area contributed by atoms with E-state index in [2.05, 4.69) is 5.32 Å². The fourth-order valence-corrected chi connectivity index (χ4v) is 4.78. The maximum absolute atomic E-state index is 14.2. The number of halogens is 3. The molecule has 1 aliphatic heterocycles. The number of aliphatic carboxylic acids is 1. The second-order valence-electron chi connectivity index (χ2n) is 9.76. The zero-order chi connectivity index (χ0) is 29.1. The molecule has 1 atom stereocenters. The topological polar surface area (TPSA) is 118 Å². The van der Waals surface area contributed by atoms with Crippen molar-refractivity contribution in [3.05, 3.63) is 65.1 Å². The largest absolute Gasteiger partial charge is 0.481 e. The summed E-state index contributed by atoms with van der Waals surface area (Å²) in [6, 6.07) is 8.49. The Morgan fingerprint density at radius 1 is 1.07 bits per heavy atom. The van der Waals surface area contributed by atoms with Crippen LogP contribution in [0.1, 0.15) is 35.3 Å². The summed E-state index contributed by atoms with van der Waals surface area (Å²) in [6.07, 6.45) is -0.227. The van der Waals surface area contributed by atoms with Crippen LogP contribution in [0.2, 0.25) is 0 Å². The highest BCUT2D eigenvalue weighted by atomic mass is 19.2. The molecule has 2 aromatic carbocycles. The minimum Gasteiger partial charge on any atom is -0.481 e. The number of nitrogens with zero attached hydrogens (tertiary/aromatic N) is 2. The molecule has 3 aromatic rings. The number of piperidine rings is 1. The number of carbonyl (C=O) groups is 4. The quantitative estimate of drug-likeness (QED) is 0.389. The van der Waals surface area contributed by atoms with Crippen molar-refractivity contribution < 1.29 is 42.2 Å². The third-order valence-electron chi connectivity index (χ3n) is 7.06. The summed E-state index contributed by atoms with van der Waals surface area (Å²) in [4.78, 5) is 51.7. The predicted octanol–water partition coefficient (Wildman–Crippen LogP) is 3.36. The van der Waals surface area contributed by atoms with Gasteiger partial charge in [-0.1, -0.05) is 18.2 Å². The Morgan fingerprint density at radius 2 is 1.75 bits per heavy atom. The van der Waals surface area contributed by atoms with E-state index in [1.54, 1.807) is 11.9 Å². The standard InChI is InChI=1S/C28H28F3N3O6/c1-15-11-18(29)25(31)26(24(15)30)40-14-22(35)19(13-23(36)37)32-27(38)16-7-9-34(10-8-16)28(39)21-12-17-5-3-4-6-20(17)33(21)2/h3-6,11-12,16,19H,7-10,13-14H2,1-2H3,(H,32,38)(H,36,37)/t19-/m0/s1. The van der Waals surface area contributed by atoms with Crippen molar-refractivity contribution in [1.29, 1.82) is 0 Å². The van der Waals surface area contributed by atoms with E-state index in [1.807, 2.05) is 34.9 Å². The van der Waals surface area contributed by atoms with Gasteiger partial charge in [-0.3, -0.25) is 19.2 Å². The monoisotopic (exact) mass is 559 g/mol. The van der Waals surface area contributed by atoms with E-state index in [0.717, 1.165) is 10.9 Å². The Hall–Kier alpha value is -4.35. The molecule has 2 amide bonds. The number of fused-ring (bicyclic) bond motifs is 1. The van der Waals surface area contributed by atoms with E-state index in [0.29, 0.717) is 11.8 Å². The van der Waals surface area contributed by atoms with Gasteiger partial charge in [0.25, 0.3) is 5.91 Å². The number of rotatable bonds is 9. The number of carbonyl (C=O) groups excluding carboxylic acids is 3. The number of amides is 2. The molecule has 2 heterocycles. The van der Waals surface area contributed by atoms with Crippen LogP contribution in [0.25, 0.3) is 10.9 Å². The first-order valence-electron chi connectivity index (χ1n) is 12.6. The number of benzene rings is 2. The Kier molecular flexibility index (Phi) is 8.46. The number of likely N-dealkylation sites (tertiary alicyclic amines) is 1. The minimum absolute atomic E-state index is 0.180. The molecule has 0 aliphatic carbocycles. The number of para-hydroxylation sites is 1. The SMILES string of the molecule is Cc1cc(F)c(F)c(OCC(=O)[C@H](CC(=O)O)NC(=O)C2CCN(C(=O)c3cc4ccccc4n3C)CC2)c1F. The Labute approximate surface area is 227 Å². The van der Waals surface area contributed by atoms with Gasteiger partial charge >= 0.3 is 5.97 Å². The molecule has 4 rings (SSSR count). The molecule has 1 aromatic heterocycles. The van der Waals surface area contributed by atoms with Crippen LogP contribution >= 0.6 is 0 Å². The second-order valence-corrected chi connectivity index (χ2v) is 9.76. The Morgan fingerprint density at radius 3 is 2.40 bits per heavy atom. The van der Waals surface area contributed by atoms with Crippen LogP contribution in [0.5, 0.6) is 5.75 Å². The minimum atomic E-state index is -1.63. The number of aryl methyl sites for hydroxylation is 2. The Balaban J connectivity index is 1.36. The molecule has 0 unspecified atom stereocenters. The third kappa shape index (κ3) is 5.95. The first kappa shape index (κ1) is 28.7. The van der Waals surface area contributed by atoms with Gasteiger partial charge < -0.3 is 24.6 Å². The highest BCUT2D eigenvalue weighted by Crippen LogP contribution is 2.27. The van der Waals surface area contributed by atoms with E-state index >= 15 is 0 Å². The van der Waals surface area contributed by atoms with Gasteiger partial charge in [0.05, 0.1) is 6.42 Å². The van der Waals surface area contributed by atoms with E-state index in [1.165, 1.54) is 6.92 Å². The lowest BCUT2D eigenvalue weighted by atomic mass is 9.94. The molecule has 2 N–H and O–H groups in total. The van der Waals surface area contributed by atoms with Crippen LogP contribution in [-0.2, 0) is 21.4 Å². The number of aromatic nitrogens is 1. The van der Waals surface area contributed by atoms with E-state index in [4.69, 9.17) is 4.74 Å². The average molecular weight is 560 g/mol. The van der Waals surface area contributed by atoms with Gasteiger partial charge in [0.1, 0.15) is 18.3 Å². The lowest BCUT2D eigenvalue weighted by Gasteiger charge is -2.32. The van der Waals surface area contributed by atoms with Crippen molar-refractivity contribution in [2.75, 3.05) is 19.7 Å². The molecule has 0 saturated carbocycles. The molecule has 0 spiro atoms. The number of Topliss-reactive ketones (excluding diaryl/α,β-unsaturated/α-hetero) is 1. The molecular weight excluding hydrogens is 531 g/mol. The number of nitrogens with one attached hydrogen (secondary N) is 1. The fraction of sp³-hybridized carbons (Fsp3) is 0.357. The molecular formula is C28H28F3N3O6. The molecule has 0 bridgehead atoms. The first-order chi connectivity index (χ1) is 19.0. The maximum Gasteiger partial charge on any atom is 0.305 e. The van der Waals surface area contributed by atoms with Crippen LogP contribution in [0.15, 0.2) is 36.4 Å². The average Bonchev–Trinajstić information content (AvgIpc) is 3.27. The summed E-state index contributed by atoms with van der Waals surface area (Å²) in [6.45, 7) is 0.737. The summed E-state index contributed by atoms with van der Waals surface area (Å²) in [5.74, 6) is -9.02. The summed E-state index contributed by atoms with van der Waals surface area (Å²) < 4.78 is 48.5. The van der Waals surface area contributed by atoms with Crippen molar-refractivity contribution in [2.45, 2.75) is 32.2 Å². The normalized spacial score (nSPS) is 14.7. The number of ketones is 1. The molecule has 40 heavy (non-hydrogen) atoms. The molecule has 9 nitrogen and oxygen atoms in total. The van der Waals surface area contributed by atoms with Crippen LogP contribution in [-0.4, -0.2) is 63.9 Å². The zero-order valence-electron chi connectivity index (χ0n) is 21.9. The first-order valence-corrected chi connectivity index (χ1v) is 12.6. The maximum atomic E-state index is 14.2. The van der Waals surface area contributed by atoms with Gasteiger partial charge in [-0.25, -0.2) is 8.78 Å². The summed E-state index contributed by atoms with van der Waals surface area (Å²) in [5, 5.41) is 12.5. The summed E-state index contributed by atoms with van der Waals surface area (Å²) >= 11 is 0.